The Bertz CT molecular complexity index is 580. The molecule has 0 radical (unpaired) electrons. The van der Waals surface area contributed by atoms with Crippen molar-refractivity contribution in [1.82, 2.24) is 4.90 Å². The van der Waals surface area contributed by atoms with Gasteiger partial charge in [0.15, 0.2) is 0 Å². The summed E-state index contributed by atoms with van der Waals surface area (Å²) in [5, 5.41) is 9.52. The Hall–Kier alpha value is -1.78. The number of rotatable bonds is 5. The minimum atomic E-state index is -0.979. The second kappa shape index (κ2) is 5.91. The maximum atomic E-state index is 10.7. The molecule has 0 spiro atoms. The largest absolute Gasteiger partial charge is 0.478 e. The first-order valence-electron chi connectivity index (χ1n) is 5.78. The van der Waals surface area contributed by atoms with Gasteiger partial charge >= 0.3 is 5.97 Å². The Balaban J connectivity index is 1.97. The van der Waals surface area contributed by atoms with Crippen LogP contribution in [0, 0.1) is 0 Å². The van der Waals surface area contributed by atoms with Crippen LogP contribution in [0.25, 0.3) is 0 Å². The summed E-state index contributed by atoms with van der Waals surface area (Å²) in [6.45, 7) is 1.25. The number of hydrogen-bond donors (Lipinski definition) is 1. The van der Waals surface area contributed by atoms with Crippen LogP contribution in [0.1, 0.15) is 21.7 Å². The van der Waals surface area contributed by atoms with Gasteiger partial charge in [0.25, 0.3) is 0 Å². The predicted molar refractivity (Wildman–Crippen MR) is 72.3 cm³/mol. The Morgan fingerprint density at radius 1 is 1.37 bits per heavy atom. The van der Waals surface area contributed by atoms with Crippen LogP contribution >= 0.6 is 11.6 Å². The number of nitrogens with zero attached hydrogens (tertiary/aromatic N) is 1. The molecule has 0 bridgehead atoms. The lowest BCUT2D eigenvalue weighted by Crippen LogP contribution is -2.16. The van der Waals surface area contributed by atoms with Crippen LogP contribution in [-0.2, 0) is 13.1 Å². The summed E-state index contributed by atoms with van der Waals surface area (Å²) in [4.78, 5) is 12.8. The van der Waals surface area contributed by atoms with Crippen molar-refractivity contribution in [2.24, 2.45) is 0 Å². The Kier molecular flexibility index (Phi) is 4.24. The highest BCUT2D eigenvalue weighted by molar-refractivity contribution is 6.30. The van der Waals surface area contributed by atoms with Crippen LogP contribution in [0.5, 0.6) is 0 Å². The number of aromatic carboxylic acids is 1. The molecule has 0 amide bonds. The predicted octanol–water partition coefficient (Wildman–Crippen LogP) is 3.26. The molecule has 0 unspecified atom stereocenters. The summed E-state index contributed by atoms with van der Waals surface area (Å²) in [6.07, 6.45) is 1.25. The lowest BCUT2D eigenvalue weighted by atomic mass is 10.2. The molecule has 1 heterocycles. The van der Waals surface area contributed by atoms with Gasteiger partial charge in [0.2, 0.25) is 0 Å². The van der Waals surface area contributed by atoms with Crippen molar-refractivity contribution in [3.63, 3.8) is 0 Å². The number of carbonyl (C=O) groups is 1. The molecule has 19 heavy (non-hydrogen) atoms. The molecule has 0 atom stereocenters. The average molecular weight is 280 g/mol. The van der Waals surface area contributed by atoms with Gasteiger partial charge in [0, 0.05) is 11.6 Å². The van der Waals surface area contributed by atoms with Gasteiger partial charge in [0.1, 0.15) is 12.0 Å². The molecule has 0 fully saturated rings. The van der Waals surface area contributed by atoms with Gasteiger partial charge in [-0.2, -0.15) is 0 Å². The average Bonchev–Trinajstić information content (AvgIpc) is 2.77. The van der Waals surface area contributed by atoms with Crippen LogP contribution in [0.15, 0.2) is 41.0 Å². The zero-order valence-electron chi connectivity index (χ0n) is 10.5. The quantitative estimate of drug-likeness (QED) is 0.913. The van der Waals surface area contributed by atoms with E-state index in [-0.39, 0.29) is 5.56 Å². The molecule has 0 saturated heterocycles. The molecule has 1 aromatic heterocycles. The monoisotopic (exact) mass is 279 g/mol. The third-order valence-corrected chi connectivity index (χ3v) is 2.90. The lowest BCUT2D eigenvalue weighted by Gasteiger charge is -2.15. The first-order valence-corrected chi connectivity index (χ1v) is 6.16. The Morgan fingerprint density at radius 2 is 2.16 bits per heavy atom. The highest BCUT2D eigenvalue weighted by Crippen LogP contribution is 2.14. The normalized spacial score (nSPS) is 10.9. The first kappa shape index (κ1) is 13.6. The second-order valence-electron chi connectivity index (χ2n) is 4.41. The van der Waals surface area contributed by atoms with Crippen molar-refractivity contribution >= 4 is 17.6 Å². The van der Waals surface area contributed by atoms with Crippen LogP contribution in [0.2, 0.25) is 5.02 Å². The van der Waals surface area contributed by atoms with Crippen LogP contribution < -0.4 is 0 Å². The third kappa shape index (κ3) is 3.84. The molecule has 0 saturated carbocycles. The third-order valence-electron chi connectivity index (χ3n) is 2.67. The van der Waals surface area contributed by atoms with E-state index >= 15 is 0 Å². The van der Waals surface area contributed by atoms with Crippen molar-refractivity contribution in [2.45, 2.75) is 13.1 Å². The van der Waals surface area contributed by atoms with E-state index in [2.05, 4.69) is 0 Å². The van der Waals surface area contributed by atoms with E-state index in [9.17, 15) is 4.79 Å². The van der Waals surface area contributed by atoms with Gasteiger partial charge in [-0.1, -0.05) is 23.7 Å². The fourth-order valence-electron chi connectivity index (χ4n) is 1.84. The van der Waals surface area contributed by atoms with E-state index in [0.29, 0.717) is 23.9 Å². The molecule has 4 nitrogen and oxygen atoms in total. The summed E-state index contributed by atoms with van der Waals surface area (Å²) in [5.74, 6) is -0.352. The highest BCUT2D eigenvalue weighted by atomic mass is 35.5. The van der Waals surface area contributed by atoms with E-state index in [1.54, 1.807) is 0 Å². The van der Waals surface area contributed by atoms with E-state index in [1.165, 1.54) is 12.3 Å². The topological polar surface area (TPSA) is 53.7 Å². The van der Waals surface area contributed by atoms with Crippen LogP contribution in [0.3, 0.4) is 0 Å². The maximum absolute atomic E-state index is 10.7. The SMILES string of the molecule is CN(Cc1cccc(Cl)c1)Cc1cc(C(=O)O)co1. The van der Waals surface area contributed by atoms with Crippen molar-refractivity contribution in [2.75, 3.05) is 7.05 Å². The van der Waals surface area contributed by atoms with Crippen molar-refractivity contribution < 1.29 is 14.3 Å². The summed E-state index contributed by atoms with van der Waals surface area (Å²) in [6, 6.07) is 9.17. The number of carboxylic acids is 1. The zero-order valence-corrected chi connectivity index (χ0v) is 11.2. The molecule has 0 aliphatic rings. The van der Waals surface area contributed by atoms with Crippen LogP contribution in [-0.4, -0.2) is 23.0 Å². The summed E-state index contributed by atoms with van der Waals surface area (Å²) in [5.41, 5.74) is 1.27. The van der Waals surface area contributed by atoms with Crippen molar-refractivity contribution in [3.8, 4) is 0 Å². The van der Waals surface area contributed by atoms with Gasteiger partial charge in [-0.05, 0) is 30.8 Å². The number of furan rings is 1. The molecule has 0 aliphatic heterocycles. The van der Waals surface area contributed by atoms with Gasteiger partial charge < -0.3 is 9.52 Å². The van der Waals surface area contributed by atoms with Crippen LogP contribution in [0.4, 0.5) is 0 Å². The smallest absolute Gasteiger partial charge is 0.338 e. The van der Waals surface area contributed by atoms with E-state index in [0.717, 1.165) is 5.56 Å². The lowest BCUT2D eigenvalue weighted by molar-refractivity contribution is 0.0696. The fraction of sp³-hybridized carbons (Fsp3) is 0.214. The molecule has 2 aromatic rings. The van der Waals surface area contributed by atoms with Gasteiger partial charge in [-0.3, -0.25) is 4.90 Å². The maximum Gasteiger partial charge on any atom is 0.338 e. The molecule has 0 aliphatic carbocycles. The standard InChI is InChI=1S/C14H14ClNO3/c1-16(7-10-3-2-4-12(15)5-10)8-13-6-11(9-19-13)14(17)18/h2-6,9H,7-8H2,1H3,(H,17,18). The molecule has 5 heteroatoms. The van der Waals surface area contributed by atoms with E-state index < -0.39 is 5.97 Å². The van der Waals surface area contributed by atoms with Crippen molar-refractivity contribution in [1.29, 1.82) is 0 Å². The zero-order chi connectivity index (χ0) is 13.8. The number of carboxylic acid groups (broad SMARTS) is 1. The van der Waals surface area contributed by atoms with Gasteiger partial charge in [0.05, 0.1) is 12.1 Å². The minimum Gasteiger partial charge on any atom is -0.478 e. The second-order valence-corrected chi connectivity index (χ2v) is 4.85. The fourth-order valence-corrected chi connectivity index (χ4v) is 2.06. The first-order chi connectivity index (χ1) is 9.04. The summed E-state index contributed by atoms with van der Waals surface area (Å²) < 4.78 is 5.21. The molecule has 100 valence electrons. The van der Waals surface area contributed by atoms with Crippen molar-refractivity contribution in [3.05, 3.63) is 58.5 Å². The summed E-state index contributed by atoms with van der Waals surface area (Å²) >= 11 is 5.92. The number of hydrogen-bond acceptors (Lipinski definition) is 3. The summed E-state index contributed by atoms with van der Waals surface area (Å²) in [7, 11) is 1.93. The Morgan fingerprint density at radius 3 is 2.79 bits per heavy atom. The highest BCUT2D eigenvalue weighted by Gasteiger charge is 2.10. The molecular weight excluding hydrogens is 266 g/mol. The Labute approximate surface area is 116 Å². The number of halogens is 1. The molecule has 2 rings (SSSR count). The minimum absolute atomic E-state index is 0.172. The van der Waals surface area contributed by atoms with E-state index in [4.69, 9.17) is 21.1 Å². The van der Waals surface area contributed by atoms with E-state index in [1.807, 2.05) is 36.2 Å². The van der Waals surface area contributed by atoms with Gasteiger partial charge in [-0.15, -0.1) is 0 Å². The molecule has 1 N–H and O–H groups in total. The molecular formula is C14H14ClNO3. The van der Waals surface area contributed by atoms with Gasteiger partial charge in [-0.25, -0.2) is 4.79 Å². The number of benzene rings is 1. The molecule has 1 aromatic carbocycles.